The zero-order valence-electron chi connectivity index (χ0n) is 6.47. The first kappa shape index (κ1) is 7.93. The predicted molar refractivity (Wildman–Crippen MR) is 49.4 cm³/mol. The van der Waals surface area contributed by atoms with Crippen molar-refractivity contribution in [3.8, 4) is 0 Å². The van der Waals surface area contributed by atoms with Crippen LogP contribution in [0.5, 0.6) is 0 Å². The molecule has 0 aromatic heterocycles. The van der Waals surface area contributed by atoms with Crippen molar-refractivity contribution in [1.29, 1.82) is 0 Å². The Bertz CT molecular complexity index is 147. The molecule has 1 heteroatoms. The van der Waals surface area contributed by atoms with Gasteiger partial charge in [0.1, 0.15) is 0 Å². The molecule has 10 heavy (non-hydrogen) atoms. The third kappa shape index (κ3) is 1.91. The zero-order valence-corrected chi connectivity index (χ0v) is 7.29. The minimum Gasteiger partial charge on any atom is -0.165 e. The standard InChI is InChI=1S/C9H14S/c1-8-5-3-4-6-9(8)7-10-2/h3-4,9H,1,5-7H2,2H3. The first-order valence-corrected chi connectivity index (χ1v) is 5.05. The topological polar surface area (TPSA) is 0 Å². The van der Waals surface area contributed by atoms with Gasteiger partial charge in [-0.15, -0.1) is 0 Å². The van der Waals surface area contributed by atoms with E-state index in [0.29, 0.717) is 0 Å². The summed E-state index contributed by atoms with van der Waals surface area (Å²) in [7, 11) is 0. The molecule has 0 spiro atoms. The van der Waals surface area contributed by atoms with E-state index in [9.17, 15) is 0 Å². The smallest absolute Gasteiger partial charge is 0.000157 e. The van der Waals surface area contributed by atoms with Gasteiger partial charge in [-0.25, -0.2) is 0 Å². The summed E-state index contributed by atoms with van der Waals surface area (Å²) in [5, 5.41) is 0. The maximum atomic E-state index is 4.05. The van der Waals surface area contributed by atoms with E-state index in [0.717, 1.165) is 12.3 Å². The van der Waals surface area contributed by atoms with Crippen LogP contribution < -0.4 is 0 Å². The monoisotopic (exact) mass is 154 g/mol. The van der Waals surface area contributed by atoms with Crippen LogP contribution in [0.15, 0.2) is 24.3 Å². The molecule has 0 fully saturated rings. The molecule has 0 bridgehead atoms. The van der Waals surface area contributed by atoms with Gasteiger partial charge in [-0.05, 0) is 30.8 Å². The normalized spacial score (nSPS) is 25.3. The van der Waals surface area contributed by atoms with Crippen LogP contribution in [0.3, 0.4) is 0 Å². The van der Waals surface area contributed by atoms with Crippen LogP contribution in [-0.4, -0.2) is 12.0 Å². The third-order valence-electron chi connectivity index (χ3n) is 1.91. The van der Waals surface area contributed by atoms with Gasteiger partial charge in [-0.3, -0.25) is 0 Å². The Morgan fingerprint density at radius 1 is 1.70 bits per heavy atom. The molecule has 1 rings (SSSR count). The van der Waals surface area contributed by atoms with Crippen molar-refractivity contribution in [2.45, 2.75) is 12.8 Å². The van der Waals surface area contributed by atoms with E-state index in [-0.39, 0.29) is 0 Å². The minimum absolute atomic E-state index is 0.750. The quantitative estimate of drug-likeness (QED) is 0.551. The Balaban J connectivity index is 2.43. The van der Waals surface area contributed by atoms with E-state index in [1.54, 1.807) is 0 Å². The highest BCUT2D eigenvalue weighted by molar-refractivity contribution is 7.98. The highest BCUT2D eigenvalue weighted by Crippen LogP contribution is 2.25. The van der Waals surface area contributed by atoms with Crippen LogP contribution in [0.25, 0.3) is 0 Å². The maximum Gasteiger partial charge on any atom is -0.000157 e. The number of allylic oxidation sites excluding steroid dienone is 3. The summed E-state index contributed by atoms with van der Waals surface area (Å²) in [6, 6.07) is 0. The molecule has 1 atom stereocenters. The molecule has 1 aliphatic carbocycles. The summed E-state index contributed by atoms with van der Waals surface area (Å²) >= 11 is 1.92. The lowest BCUT2D eigenvalue weighted by Crippen LogP contribution is -2.07. The van der Waals surface area contributed by atoms with E-state index in [1.807, 2.05) is 11.8 Å². The van der Waals surface area contributed by atoms with Crippen molar-refractivity contribution in [3.05, 3.63) is 24.3 Å². The molecule has 56 valence electrons. The molecule has 0 heterocycles. The summed E-state index contributed by atoms with van der Waals surface area (Å²) in [4.78, 5) is 0. The van der Waals surface area contributed by atoms with E-state index in [2.05, 4.69) is 25.0 Å². The van der Waals surface area contributed by atoms with Gasteiger partial charge in [-0.2, -0.15) is 11.8 Å². The first-order valence-electron chi connectivity index (χ1n) is 3.66. The highest BCUT2D eigenvalue weighted by atomic mass is 32.2. The number of rotatable bonds is 2. The van der Waals surface area contributed by atoms with Gasteiger partial charge in [0.15, 0.2) is 0 Å². The van der Waals surface area contributed by atoms with Crippen LogP contribution >= 0.6 is 11.8 Å². The molecule has 0 N–H and O–H groups in total. The summed E-state index contributed by atoms with van der Waals surface area (Å²) in [6.45, 7) is 4.05. The molecular formula is C9H14S. The second kappa shape index (κ2) is 3.87. The Morgan fingerprint density at radius 2 is 2.50 bits per heavy atom. The lowest BCUT2D eigenvalue weighted by molar-refractivity contribution is 0.673. The molecule has 0 aromatic carbocycles. The van der Waals surface area contributed by atoms with Gasteiger partial charge in [0.05, 0.1) is 0 Å². The van der Waals surface area contributed by atoms with E-state index >= 15 is 0 Å². The largest absolute Gasteiger partial charge is 0.165 e. The fourth-order valence-corrected chi connectivity index (χ4v) is 1.99. The Morgan fingerprint density at radius 3 is 3.10 bits per heavy atom. The average Bonchev–Trinajstić information content (AvgIpc) is 1.94. The van der Waals surface area contributed by atoms with Gasteiger partial charge in [0, 0.05) is 0 Å². The minimum atomic E-state index is 0.750. The van der Waals surface area contributed by atoms with Gasteiger partial charge >= 0.3 is 0 Å². The fraction of sp³-hybridized carbons (Fsp3) is 0.556. The second-order valence-corrected chi connectivity index (χ2v) is 3.63. The Hall–Kier alpha value is -0.170. The van der Waals surface area contributed by atoms with Crippen LogP contribution in [0, 0.1) is 5.92 Å². The predicted octanol–water partition coefficient (Wildman–Crippen LogP) is 2.87. The third-order valence-corrected chi connectivity index (χ3v) is 2.65. The lowest BCUT2D eigenvalue weighted by atomic mass is 9.92. The van der Waals surface area contributed by atoms with E-state index in [1.165, 1.54) is 17.7 Å². The SMILES string of the molecule is C=C1CC=CCC1CSC. The molecule has 0 saturated carbocycles. The van der Waals surface area contributed by atoms with E-state index in [4.69, 9.17) is 0 Å². The van der Waals surface area contributed by atoms with Crippen molar-refractivity contribution < 1.29 is 0 Å². The molecule has 0 aromatic rings. The summed E-state index contributed by atoms with van der Waals surface area (Å²) in [5.74, 6) is 1.99. The first-order chi connectivity index (χ1) is 4.84. The number of hydrogen-bond acceptors (Lipinski definition) is 1. The van der Waals surface area contributed by atoms with Crippen molar-refractivity contribution in [2.75, 3.05) is 12.0 Å². The number of thioether (sulfide) groups is 1. The van der Waals surface area contributed by atoms with Gasteiger partial charge in [-0.1, -0.05) is 24.3 Å². The van der Waals surface area contributed by atoms with Crippen LogP contribution in [0.4, 0.5) is 0 Å². The van der Waals surface area contributed by atoms with E-state index < -0.39 is 0 Å². The summed E-state index contributed by atoms with van der Waals surface area (Å²) in [6.07, 6.45) is 8.96. The number of hydrogen-bond donors (Lipinski definition) is 0. The molecule has 1 unspecified atom stereocenters. The van der Waals surface area contributed by atoms with Crippen molar-refractivity contribution >= 4 is 11.8 Å². The summed E-state index contributed by atoms with van der Waals surface area (Å²) in [5.41, 5.74) is 1.41. The molecule has 0 radical (unpaired) electrons. The Labute approximate surface area is 67.4 Å². The molecule has 0 nitrogen and oxygen atoms in total. The highest BCUT2D eigenvalue weighted by Gasteiger charge is 2.11. The van der Waals surface area contributed by atoms with Crippen molar-refractivity contribution in [2.24, 2.45) is 5.92 Å². The van der Waals surface area contributed by atoms with Crippen LogP contribution in [0.2, 0.25) is 0 Å². The molecule has 1 aliphatic rings. The van der Waals surface area contributed by atoms with Gasteiger partial charge in [0.2, 0.25) is 0 Å². The second-order valence-electron chi connectivity index (χ2n) is 2.72. The van der Waals surface area contributed by atoms with Crippen molar-refractivity contribution in [3.63, 3.8) is 0 Å². The van der Waals surface area contributed by atoms with Gasteiger partial charge in [0.25, 0.3) is 0 Å². The summed E-state index contributed by atoms with van der Waals surface area (Å²) < 4.78 is 0. The fourth-order valence-electron chi connectivity index (χ4n) is 1.22. The van der Waals surface area contributed by atoms with Gasteiger partial charge < -0.3 is 0 Å². The molecular weight excluding hydrogens is 140 g/mol. The maximum absolute atomic E-state index is 4.05. The molecule has 0 aliphatic heterocycles. The van der Waals surface area contributed by atoms with Crippen LogP contribution in [0.1, 0.15) is 12.8 Å². The molecule has 0 saturated heterocycles. The van der Waals surface area contributed by atoms with Crippen LogP contribution in [-0.2, 0) is 0 Å². The average molecular weight is 154 g/mol. The van der Waals surface area contributed by atoms with Crippen molar-refractivity contribution in [1.82, 2.24) is 0 Å². The molecule has 0 amide bonds. The lowest BCUT2D eigenvalue weighted by Gasteiger charge is -2.19. The zero-order chi connectivity index (χ0) is 7.40. The Kier molecular flexibility index (Phi) is 3.07.